The predicted octanol–water partition coefficient (Wildman–Crippen LogP) is 1.75. The van der Waals surface area contributed by atoms with E-state index in [2.05, 4.69) is 15.9 Å². The monoisotopic (exact) mass is 293 g/mol. The Morgan fingerprint density at radius 1 is 1.47 bits per heavy atom. The molecule has 0 radical (unpaired) electrons. The summed E-state index contributed by atoms with van der Waals surface area (Å²) in [6.07, 6.45) is -1.52. The minimum Gasteiger partial charge on any atom is -0.464 e. The molecule has 0 saturated heterocycles. The van der Waals surface area contributed by atoms with Gasteiger partial charge in [0.1, 0.15) is 0 Å². The van der Waals surface area contributed by atoms with E-state index in [0.29, 0.717) is 4.47 Å². The molecule has 5 nitrogen and oxygen atoms in total. The molecule has 0 aliphatic rings. The summed E-state index contributed by atoms with van der Waals surface area (Å²) in [5.74, 6) is 0. The van der Waals surface area contributed by atoms with Gasteiger partial charge in [0.2, 0.25) is 0 Å². The molecule has 7 heteroatoms. The Hall–Kier alpha value is -1.08. The van der Waals surface area contributed by atoms with Gasteiger partial charge >= 0.3 is 6.09 Å². The lowest BCUT2D eigenvalue weighted by Gasteiger charge is -2.13. The van der Waals surface area contributed by atoms with Crippen molar-refractivity contribution in [2.45, 2.75) is 4.90 Å². The summed E-state index contributed by atoms with van der Waals surface area (Å²) < 4.78 is 24.1. The SMILES string of the molecule is CN(C(=O)O)S(=O)(=O)c1cccc(Br)c1. The van der Waals surface area contributed by atoms with E-state index >= 15 is 0 Å². The first-order valence-electron chi connectivity index (χ1n) is 3.83. The zero-order chi connectivity index (χ0) is 11.6. The molecule has 1 aromatic rings. The van der Waals surface area contributed by atoms with Gasteiger partial charge in [-0.2, -0.15) is 0 Å². The fourth-order valence-electron chi connectivity index (χ4n) is 0.888. The highest BCUT2D eigenvalue weighted by Crippen LogP contribution is 2.18. The van der Waals surface area contributed by atoms with Crippen LogP contribution in [0.25, 0.3) is 0 Å². The molecule has 0 saturated carbocycles. The van der Waals surface area contributed by atoms with E-state index in [1.807, 2.05) is 0 Å². The molecule has 1 amide bonds. The van der Waals surface area contributed by atoms with Gasteiger partial charge in [-0.05, 0) is 18.2 Å². The molecular weight excluding hydrogens is 286 g/mol. The van der Waals surface area contributed by atoms with Crippen LogP contribution in [0.1, 0.15) is 0 Å². The quantitative estimate of drug-likeness (QED) is 0.901. The molecule has 0 atom stereocenters. The van der Waals surface area contributed by atoms with Gasteiger partial charge in [0.15, 0.2) is 0 Å². The molecule has 0 spiro atoms. The predicted molar refractivity (Wildman–Crippen MR) is 57.1 cm³/mol. The molecule has 15 heavy (non-hydrogen) atoms. The number of halogens is 1. The van der Waals surface area contributed by atoms with E-state index in [0.717, 1.165) is 7.05 Å². The molecule has 0 fully saturated rings. The van der Waals surface area contributed by atoms with Crippen LogP contribution in [0, 0.1) is 0 Å². The summed E-state index contributed by atoms with van der Waals surface area (Å²) >= 11 is 3.11. The lowest BCUT2D eigenvalue weighted by molar-refractivity contribution is 0.178. The van der Waals surface area contributed by atoms with E-state index in [4.69, 9.17) is 5.11 Å². The minimum absolute atomic E-state index is 0.0678. The van der Waals surface area contributed by atoms with Crippen molar-refractivity contribution in [2.75, 3.05) is 7.05 Å². The van der Waals surface area contributed by atoms with Crippen molar-refractivity contribution in [2.24, 2.45) is 0 Å². The van der Waals surface area contributed by atoms with Crippen LogP contribution in [0.3, 0.4) is 0 Å². The molecule has 0 unspecified atom stereocenters. The Kier molecular flexibility index (Phi) is 3.35. The summed E-state index contributed by atoms with van der Waals surface area (Å²) in [6.45, 7) is 0. The highest BCUT2D eigenvalue weighted by molar-refractivity contribution is 9.10. The number of sulfonamides is 1. The normalized spacial score (nSPS) is 11.1. The van der Waals surface area contributed by atoms with Crippen LogP contribution >= 0.6 is 15.9 Å². The van der Waals surface area contributed by atoms with Crippen molar-refractivity contribution in [3.63, 3.8) is 0 Å². The van der Waals surface area contributed by atoms with E-state index in [9.17, 15) is 13.2 Å². The fraction of sp³-hybridized carbons (Fsp3) is 0.125. The fourth-order valence-corrected chi connectivity index (χ4v) is 2.49. The van der Waals surface area contributed by atoms with Crippen LogP contribution in [0.2, 0.25) is 0 Å². The van der Waals surface area contributed by atoms with Crippen molar-refractivity contribution >= 4 is 32.0 Å². The zero-order valence-corrected chi connectivity index (χ0v) is 10.1. The molecule has 0 aromatic heterocycles. The summed E-state index contributed by atoms with van der Waals surface area (Å²) in [6, 6.07) is 5.85. The summed E-state index contributed by atoms with van der Waals surface area (Å²) in [5, 5.41) is 8.58. The molecule has 0 bridgehead atoms. The van der Waals surface area contributed by atoms with Gasteiger partial charge < -0.3 is 5.11 Å². The summed E-state index contributed by atoms with van der Waals surface area (Å²) in [7, 11) is -2.97. The maximum Gasteiger partial charge on any atom is 0.421 e. The molecule has 82 valence electrons. The zero-order valence-electron chi connectivity index (χ0n) is 7.71. The smallest absolute Gasteiger partial charge is 0.421 e. The van der Waals surface area contributed by atoms with Gasteiger partial charge in [-0.3, -0.25) is 0 Å². The van der Waals surface area contributed by atoms with E-state index < -0.39 is 16.1 Å². The first-order chi connectivity index (χ1) is 6.85. The van der Waals surface area contributed by atoms with Crippen molar-refractivity contribution in [3.8, 4) is 0 Å². The molecular formula is C8H8BrNO4S. The third-order valence-electron chi connectivity index (χ3n) is 1.72. The number of hydrogen-bond donors (Lipinski definition) is 1. The number of carboxylic acid groups (broad SMARTS) is 1. The first kappa shape index (κ1) is 12.0. The number of amides is 1. The average molecular weight is 294 g/mol. The van der Waals surface area contributed by atoms with Gasteiger partial charge in [-0.15, -0.1) is 0 Å². The number of nitrogens with zero attached hydrogens (tertiary/aromatic N) is 1. The molecule has 0 heterocycles. The topological polar surface area (TPSA) is 74.7 Å². The van der Waals surface area contributed by atoms with Gasteiger partial charge in [0.05, 0.1) is 4.90 Å². The largest absolute Gasteiger partial charge is 0.464 e. The number of rotatable bonds is 2. The number of hydrogen-bond acceptors (Lipinski definition) is 3. The van der Waals surface area contributed by atoms with Crippen LogP contribution in [-0.2, 0) is 10.0 Å². The van der Waals surface area contributed by atoms with Crippen LogP contribution in [0.15, 0.2) is 33.6 Å². The standard InChI is InChI=1S/C8H8BrNO4S/c1-10(8(11)12)15(13,14)7-4-2-3-6(9)5-7/h2-5H,1H3,(H,11,12). The molecule has 1 aromatic carbocycles. The highest BCUT2D eigenvalue weighted by Gasteiger charge is 2.24. The molecule has 0 aliphatic heterocycles. The summed E-state index contributed by atoms with van der Waals surface area (Å²) in [5.41, 5.74) is 0. The van der Waals surface area contributed by atoms with Crippen molar-refractivity contribution in [1.29, 1.82) is 0 Å². The van der Waals surface area contributed by atoms with Gasteiger partial charge in [-0.1, -0.05) is 22.0 Å². The van der Waals surface area contributed by atoms with Crippen LogP contribution < -0.4 is 0 Å². The molecule has 1 rings (SSSR count). The van der Waals surface area contributed by atoms with Crippen LogP contribution in [0.5, 0.6) is 0 Å². The van der Waals surface area contributed by atoms with Crippen molar-refractivity contribution in [1.82, 2.24) is 4.31 Å². The third kappa shape index (κ3) is 2.48. The Morgan fingerprint density at radius 2 is 2.07 bits per heavy atom. The second kappa shape index (κ2) is 4.19. The van der Waals surface area contributed by atoms with Crippen LogP contribution in [-0.4, -0.2) is 31.0 Å². The van der Waals surface area contributed by atoms with E-state index in [1.54, 1.807) is 6.07 Å². The molecule has 0 aliphatic carbocycles. The first-order valence-corrected chi connectivity index (χ1v) is 6.06. The number of carbonyl (C=O) groups is 1. The minimum atomic E-state index is -3.96. The average Bonchev–Trinajstić information content (AvgIpc) is 2.16. The van der Waals surface area contributed by atoms with Crippen molar-refractivity contribution < 1.29 is 18.3 Å². The molecule has 1 N–H and O–H groups in total. The van der Waals surface area contributed by atoms with E-state index in [1.165, 1.54) is 18.2 Å². The second-order valence-electron chi connectivity index (χ2n) is 2.71. The lowest BCUT2D eigenvalue weighted by Crippen LogP contribution is -2.31. The van der Waals surface area contributed by atoms with E-state index in [-0.39, 0.29) is 9.20 Å². The Bertz CT molecular complexity index is 485. The third-order valence-corrected chi connectivity index (χ3v) is 3.94. The summed E-state index contributed by atoms with van der Waals surface area (Å²) in [4.78, 5) is 10.5. The lowest BCUT2D eigenvalue weighted by atomic mass is 10.4. The second-order valence-corrected chi connectivity index (χ2v) is 5.60. The maximum absolute atomic E-state index is 11.7. The van der Waals surface area contributed by atoms with Crippen molar-refractivity contribution in [3.05, 3.63) is 28.7 Å². The Balaban J connectivity index is 3.23. The van der Waals surface area contributed by atoms with Gasteiger partial charge in [0, 0.05) is 11.5 Å². The Labute approximate surface area is 95.5 Å². The number of benzene rings is 1. The van der Waals surface area contributed by atoms with Gasteiger partial charge in [-0.25, -0.2) is 17.5 Å². The highest BCUT2D eigenvalue weighted by atomic mass is 79.9. The van der Waals surface area contributed by atoms with Crippen LogP contribution in [0.4, 0.5) is 4.79 Å². The van der Waals surface area contributed by atoms with Gasteiger partial charge in [0.25, 0.3) is 10.0 Å². The Morgan fingerprint density at radius 3 is 2.53 bits per heavy atom. The maximum atomic E-state index is 11.7.